The number of carbonyl (C=O) groups excluding carboxylic acids is 1. The van der Waals surface area contributed by atoms with Crippen molar-refractivity contribution < 1.29 is 14.3 Å². The van der Waals surface area contributed by atoms with Crippen LogP contribution < -0.4 is 5.73 Å². The second-order valence-electron chi connectivity index (χ2n) is 5.43. The van der Waals surface area contributed by atoms with Gasteiger partial charge in [-0.3, -0.25) is 5.10 Å². The number of hydrogen-bond acceptors (Lipinski definition) is 6. The van der Waals surface area contributed by atoms with E-state index in [0.717, 1.165) is 0 Å². The summed E-state index contributed by atoms with van der Waals surface area (Å²) in [7, 11) is 0. The minimum Gasteiger partial charge on any atom is -0.463 e. The van der Waals surface area contributed by atoms with Crippen LogP contribution in [0.15, 0.2) is 41.0 Å². The fourth-order valence-corrected chi connectivity index (χ4v) is 3.06. The number of hydrogen-bond donors (Lipinski definition) is 2. The number of benzene rings is 1. The van der Waals surface area contributed by atoms with Gasteiger partial charge in [0.15, 0.2) is 0 Å². The van der Waals surface area contributed by atoms with Crippen molar-refractivity contribution >= 4 is 28.5 Å². The predicted molar refractivity (Wildman–Crippen MR) is 91.1 cm³/mol. The van der Waals surface area contributed by atoms with Gasteiger partial charge in [-0.2, -0.15) is 10.4 Å². The van der Waals surface area contributed by atoms with Crippen LogP contribution in [0.2, 0.25) is 5.15 Å². The van der Waals surface area contributed by atoms with Crippen LogP contribution in [0.1, 0.15) is 25.3 Å². The number of allylic oxidation sites excluding steroid dienone is 2. The maximum Gasteiger partial charge on any atom is 0.338 e. The SMILES string of the molecule is CCOC(=O)C1=C(C)OC(N)=C(C#N)C1c1ccc2n[nH]c(Cl)c2c1. The molecule has 2 heterocycles. The van der Waals surface area contributed by atoms with Gasteiger partial charge >= 0.3 is 5.97 Å². The van der Waals surface area contributed by atoms with Crippen molar-refractivity contribution in [3.63, 3.8) is 0 Å². The Labute approximate surface area is 148 Å². The van der Waals surface area contributed by atoms with E-state index in [2.05, 4.69) is 10.2 Å². The third kappa shape index (κ3) is 2.81. The Morgan fingerprint density at radius 1 is 1.56 bits per heavy atom. The monoisotopic (exact) mass is 358 g/mol. The van der Waals surface area contributed by atoms with Crippen molar-refractivity contribution in [1.29, 1.82) is 5.26 Å². The molecule has 1 aliphatic rings. The highest BCUT2D eigenvalue weighted by atomic mass is 35.5. The van der Waals surface area contributed by atoms with Crippen LogP contribution in [0.25, 0.3) is 10.9 Å². The Morgan fingerprint density at radius 3 is 3.00 bits per heavy atom. The van der Waals surface area contributed by atoms with Crippen molar-refractivity contribution in [3.8, 4) is 6.07 Å². The van der Waals surface area contributed by atoms with Crippen molar-refractivity contribution in [2.75, 3.05) is 6.61 Å². The van der Waals surface area contributed by atoms with Crippen molar-refractivity contribution in [3.05, 3.63) is 51.7 Å². The molecule has 3 rings (SSSR count). The van der Waals surface area contributed by atoms with E-state index in [1.807, 2.05) is 6.07 Å². The maximum absolute atomic E-state index is 12.5. The molecule has 0 saturated carbocycles. The number of nitrogens with two attached hydrogens (primary N) is 1. The topological polar surface area (TPSA) is 114 Å². The summed E-state index contributed by atoms with van der Waals surface area (Å²) in [5.41, 5.74) is 7.60. The number of rotatable bonds is 3. The van der Waals surface area contributed by atoms with Crippen LogP contribution in [-0.2, 0) is 14.3 Å². The van der Waals surface area contributed by atoms with Gasteiger partial charge in [0, 0.05) is 5.39 Å². The summed E-state index contributed by atoms with van der Waals surface area (Å²) in [6.07, 6.45) is 0. The molecule has 0 aliphatic carbocycles. The molecule has 0 radical (unpaired) electrons. The van der Waals surface area contributed by atoms with Crippen LogP contribution >= 0.6 is 11.6 Å². The van der Waals surface area contributed by atoms with Crippen LogP contribution in [0.3, 0.4) is 0 Å². The smallest absolute Gasteiger partial charge is 0.338 e. The number of ether oxygens (including phenoxy) is 2. The Morgan fingerprint density at radius 2 is 2.32 bits per heavy atom. The minimum atomic E-state index is -0.701. The minimum absolute atomic E-state index is 0.0311. The average molecular weight is 359 g/mol. The zero-order chi connectivity index (χ0) is 18.1. The first-order valence-corrected chi connectivity index (χ1v) is 7.94. The van der Waals surface area contributed by atoms with E-state index in [9.17, 15) is 10.1 Å². The van der Waals surface area contributed by atoms with E-state index in [0.29, 0.717) is 27.4 Å². The van der Waals surface area contributed by atoms with Crippen LogP contribution in [-0.4, -0.2) is 22.8 Å². The fraction of sp³-hybridized carbons (Fsp3) is 0.235. The van der Waals surface area contributed by atoms with E-state index < -0.39 is 11.9 Å². The van der Waals surface area contributed by atoms with Gasteiger partial charge < -0.3 is 15.2 Å². The molecular weight excluding hydrogens is 344 g/mol. The number of aromatic amines is 1. The Hall–Kier alpha value is -2.98. The first kappa shape index (κ1) is 16.9. The highest BCUT2D eigenvalue weighted by Gasteiger charge is 2.36. The molecule has 0 amide bonds. The molecule has 1 aliphatic heterocycles. The zero-order valence-corrected chi connectivity index (χ0v) is 14.3. The van der Waals surface area contributed by atoms with E-state index in [1.54, 1.807) is 32.0 Å². The van der Waals surface area contributed by atoms with E-state index >= 15 is 0 Å². The number of esters is 1. The van der Waals surface area contributed by atoms with Gasteiger partial charge in [0.25, 0.3) is 0 Å². The van der Waals surface area contributed by atoms with E-state index in [-0.39, 0.29) is 23.6 Å². The molecule has 7 nitrogen and oxygen atoms in total. The third-order valence-corrected chi connectivity index (χ3v) is 4.25. The molecule has 2 aromatic rings. The number of nitrogens with zero attached hydrogens (tertiary/aromatic N) is 2. The molecule has 0 bridgehead atoms. The van der Waals surface area contributed by atoms with Gasteiger partial charge in [-0.25, -0.2) is 4.79 Å². The normalized spacial score (nSPS) is 17.4. The Balaban J connectivity index is 2.21. The highest BCUT2D eigenvalue weighted by Crippen LogP contribution is 2.40. The van der Waals surface area contributed by atoms with Crippen LogP contribution in [0.5, 0.6) is 0 Å². The summed E-state index contributed by atoms with van der Waals surface area (Å²) in [5, 5.41) is 17.4. The second-order valence-corrected chi connectivity index (χ2v) is 5.81. The van der Waals surface area contributed by atoms with Crippen LogP contribution in [0.4, 0.5) is 0 Å². The first-order valence-electron chi connectivity index (χ1n) is 7.56. The number of nitrogens with one attached hydrogen (secondary N) is 1. The summed E-state index contributed by atoms with van der Waals surface area (Å²) >= 11 is 6.11. The molecule has 8 heteroatoms. The summed E-state index contributed by atoms with van der Waals surface area (Å²) in [6, 6.07) is 7.34. The van der Waals surface area contributed by atoms with Gasteiger partial charge in [0.1, 0.15) is 22.6 Å². The van der Waals surface area contributed by atoms with Crippen molar-refractivity contribution in [2.45, 2.75) is 19.8 Å². The maximum atomic E-state index is 12.5. The zero-order valence-electron chi connectivity index (χ0n) is 13.6. The number of fused-ring (bicyclic) bond motifs is 1. The molecule has 1 atom stereocenters. The number of aromatic nitrogens is 2. The summed E-state index contributed by atoms with van der Waals surface area (Å²) in [6.45, 7) is 3.53. The van der Waals surface area contributed by atoms with Crippen molar-refractivity contribution in [2.24, 2.45) is 5.73 Å². The largest absolute Gasteiger partial charge is 0.463 e. The number of nitriles is 1. The first-order chi connectivity index (χ1) is 12.0. The van der Waals surface area contributed by atoms with Crippen LogP contribution in [0, 0.1) is 11.3 Å². The molecule has 128 valence electrons. The van der Waals surface area contributed by atoms with Gasteiger partial charge in [-0.15, -0.1) is 0 Å². The lowest BCUT2D eigenvalue weighted by Gasteiger charge is -2.26. The van der Waals surface area contributed by atoms with Gasteiger partial charge in [0.2, 0.25) is 5.88 Å². The molecule has 0 spiro atoms. The molecule has 25 heavy (non-hydrogen) atoms. The molecule has 0 saturated heterocycles. The fourth-order valence-electron chi connectivity index (χ4n) is 2.86. The Kier molecular flexibility index (Phi) is 4.38. The third-order valence-electron chi connectivity index (χ3n) is 3.97. The molecule has 1 unspecified atom stereocenters. The lowest BCUT2D eigenvalue weighted by molar-refractivity contribution is -0.139. The summed E-state index contributed by atoms with van der Waals surface area (Å²) in [4.78, 5) is 12.5. The lowest BCUT2D eigenvalue weighted by atomic mass is 9.83. The second kappa shape index (κ2) is 6.49. The Bertz CT molecular complexity index is 968. The summed E-state index contributed by atoms with van der Waals surface area (Å²) < 4.78 is 10.5. The number of halogens is 1. The summed E-state index contributed by atoms with van der Waals surface area (Å²) in [5.74, 6) is -0.980. The lowest BCUT2D eigenvalue weighted by Crippen LogP contribution is -2.25. The molecule has 1 aromatic carbocycles. The standard InChI is InChI=1S/C17H15ClN4O3/c1-3-24-17(23)13-8(2)25-16(20)11(7-19)14(13)9-4-5-12-10(6-9)15(18)22-21-12/h4-6,14H,3,20H2,1-2H3,(H,21,22). The van der Waals surface area contributed by atoms with Gasteiger partial charge in [-0.1, -0.05) is 17.7 Å². The van der Waals surface area contributed by atoms with Gasteiger partial charge in [-0.05, 0) is 31.5 Å². The molecule has 3 N–H and O–H groups in total. The van der Waals surface area contributed by atoms with E-state index in [4.69, 9.17) is 26.8 Å². The van der Waals surface area contributed by atoms with E-state index in [1.165, 1.54) is 0 Å². The number of H-pyrrole nitrogens is 1. The number of carbonyl (C=O) groups is 1. The van der Waals surface area contributed by atoms with Crippen molar-refractivity contribution in [1.82, 2.24) is 10.2 Å². The average Bonchev–Trinajstić information content (AvgIpc) is 2.95. The molecule has 1 aromatic heterocycles. The molecular formula is C17H15ClN4O3. The quantitative estimate of drug-likeness (QED) is 0.815. The highest BCUT2D eigenvalue weighted by molar-refractivity contribution is 6.34. The molecule has 0 fully saturated rings. The predicted octanol–water partition coefficient (Wildman–Crippen LogP) is 2.86. The van der Waals surface area contributed by atoms with Gasteiger partial charge in [0.05, 0.1) is 23.6 Å².